The minimum absolute atomic E-state index is 0.157. The topological polar surface area (TPSA) is 103 Å². The Bertz CT molecular complexity index is 397. The Morgan fingerprint density at radius 3 is 2.67 bits per heavy atom. The molecule has 0 atom stereocenters. The lowest BCUT2D eigenvalue weighted by atomic mass is 10.2. The summed E-state index contributed by atoms with van der Waals surface area (Å²) in [6, 6.07) is 1.21. The van der Waals surface area contributed by atoms with Crippen molar-refractivity contribution in [3.8, 4) is 0 Å². The van der Waals surface area contributed by atoms with Crippen LogP contribution < -0.4 is 5.73 Å². The molecular formula is C8H11N3O4. The maximum atomic E-state index is 10.9. The Kier molecular flexibility index (Phi) is 3.05. The van der Waals surface area contributed by atoms with E-state index in [0.717, 1.165) is 0 Å². The van der Waals surface area contributed by atoms with Crippen LogP contribution in [0, 0.1) is 10.1 Å². The lowest BCUT2D eigenvalue weighted by molar-refractivity contribution is -0.402. The number of hydrogen-bond acceptors (Lipinski definition) is 5. The molecule has 2 N–H and O–H groups in total. The third-order valence-electron chi connectivity index (χ3n) is 1.69. The summed E-state index contributed by atoms with van der Waals surface area (Å²) in [6.45, 7) is 0.357. The zero-order valence-corrected chi connectivity index (χ0v) is 8.39. The first-order chi connectivity index (χ1) is 6.91. The Labute approximate surface area is 85.6 Å². The number of primary amides is 1. The van der Waals surface area contributed by atoms with Gasteiger partial charge in [-0.15, -0.1) is 0 Å². The largest absolute Gasteiger partial charge is 0.434 e. The molecule has 1 aromatic heterocycles. The van der Waals surface area contributed by atoms with E-state index < -0.39 is 16.7 Å². The average Bonchev–Trinajstić information content (AvgIpc) is 2.46. The molecule has 0 saturated carbocycles. The second kappa shape index (κ2) is 4.09. The van der Waals surface area contributed by atoms with Crippen LogP contribution in [0.1, 0.15) is 16.1 Å². The van der Waals surface area contributed by atoms with Crippen molar-refractivity contribution in [1.29, 1.82) is 0 Å². The number of nitrogens with zero attached hydrogens (tertiary/aromatic N) is 2. The summed E-state index contributed by atoms with van der Waals surface area (Å²) in [4.78, 5) is 22.4. The van der Waals surface area contributed by atoms with Gasteiger partial charge in [0.05, 0.1) is 6.07 Å². The van der Waals surface area contributed by atoms with Crippen molar-refractivity contribution in [2.24, 2.45) is 5.73 Å². The zero-order chi connectivity index (χ0) is 11.6. The van der Waals surface area contributed by atoms with Crippen LogP contribution in [0.2, 0.25) is 0 Å². The molecular weight excluding hydrogens is 202 g/mol. The van der Waals surface area contributed by atoms with E-state index in [0.29, 0.717) is 12.1 Å². The van der Waals surface area contributed by atoms with Crippen LogP contribution in [0.15, 0.2) is 10.5 Å². The van der Waals surface area contributed by atoms with Gasteiger partial charge in [0, 0.05) is 12.1 Å². The molecule has 7 heteroatoms. The Balaban J connectivity index is 3.11. The van der Waals surface area contributed by atoms with Crippen LogP contribution >= 0.6 is 0 Å². The molecule has 1 aromatic rings. The molecule has 0 saturated heterocycles. The first-order valence-electron chi connectivity index (χ1n) is 4.13. The standard InChI is InChI=1S/C8H11N3O4/c1-10(2)4-5-3-6(11(13)14)15-7(5)8(9)12/h3H,4H2,1-2H3,(H2,9,12). The summed E-state index contributed by atoms with van der Waals surface area (Å²) in [7, 11) is 3.53. The molecule has 1 amide bonds. The molecule has 82 valence electrons. The average molecular weight is 213 g/mol. The highest BCUT2D eigenvalue weighted by Gasteiger charge is 2.22. The van der Waals surface area contributed by atoms with Crippen LogP contribution in [-0.2, 0) is 6.54 Å². The minimum atomic E-state index is -0.806. The highest BCUT2D eigenvalue weighted by molar-refractivity contribution is 5.91. The molecule has 0 spiro atoms. The fraction of sp³-hybridized carbons (Fsp3) is 0.375. The molecule has 0 aliphatic heterocycles. The molecule has 15 heavy (non-hydrogen) atoms. The third kappa shape index (κ3) is 2.53. The predicted octanol–water partition coefficient (Wildman–Crippen LogP) is 0.348. The van der Waals surface area contributed by atoms with E-state index in [-0.39, 0.29) is 5.76 Å². The molecule has 0 aromatic carbocycles. The van der Waals surface area contributed by atoms with E-state index in [1.54, 1.807) is 19.0 Å². The fourth-order valence-electron chi connectivity index (χ4n) is 1.17. The van der Waals surface area contributed by atoms with E-state index in [9.17, 15) is 14.9 Å². The number of nitro groups is 1. The van der Waals surface area contributed by atoms with Gasteiger partial charge in [-0.1, -0.05) is 0 Å². The molecule has 0 aliphatic rings. The van der Waals surface area contributed by atoms with Crippen LogP contribution in [-0.4, -0.2) is 29.8 Å². The van der Waals surface area contributed by atoms with Gasteiger partial charge in [-0.3, -0.25) is 14.9 Å². The van der Waals surface area contributed by atoms with E-state index >= 15 is 0 Å². The third-order valence-corrected chi connectivity index (χ3v) is 1.69. The Hall–Kier alpha value is -1.89. The van der Waals surface area contributed by atoms with Gasteiger partial charge in [-0.05, 0) is 14.1 Å². The van der Waals surface area contributed by atoms with Crippen molar-refractivity contribution in [1.82, 2.24) is 4.90 Å². The summed E-state index contributed by atoms with van der Waals surface area (Å²) >= 11 is 0. The highest BCUT2D eigenvalue weighted by Crippen LogP contribution is 2.22. The van der Waals surface area contributed by atoms with Crippen LogP contribution in [0.3, 0.4) is 0 Å². The van der Waals surface area contributed by atoms with Crippen molar-refractivity contribution >= 4 is 11.8 Å². The normalized spacial score (nSPS) is 10.6. The predicted molar refractivity (Wildman–Crippen MR) is 51.3 cm³/mol. The lowest BCUT2D eigenvalue weighted by Gasteiger charge is -2.06. The number of rotatable bonds is 4. The number of hydrogen-bond donors (Lipinski definition) is 1. The summed E-state index contributed by atoms with van der Waals surface area (Å²) < 4.78 is 4.74. The van der Waals surface area contributed by atoms with E-state index in [1.807, 2.05) is 0 Å². The Morgan fingerprint density at radius 2 is 2.27 bits per heavy atom. The smallest absolute Gasteiger partial charge is 0.395 e. The number of carbonyl (C=O) groups excluding carboxylic acids is 1. The first kappa shape index (κ1) is 11.2. The molecule has 0 bridgehead atoms. The highest BCUT2D eigenvalue weighted by atomic mass is 16.6. The summed E-state index contributed by atoms with van der Waals surface area (Å²) in [5.74, 6) is -1.43. The number of carbonyl (C=O) groups is 1. The van der Waals surface area contributed by atoms with Crippen molar-refractivity contribution in [3.63, 3.8) is 0 Å². The molecule has 0 radical (unpaired) electrons. The molecule has 0 fully saturated rings. The van der Waals surface area contributed by atoms with Gasteiger partial charge >= 0.3 is 5.88 Å². The quantitative estimate of drug-likeness (QED) is 0.574. The molecule has 7 nitrogen and oxygen atoms in total. The van der Waals surface area contributed by atoms with Gasteiger partial charge in [0.2, 0.25) is 5.76 Å². The van der Waals surface area contributed by atoms with Gasteiger partial charge in [-0.25, -0.2) is 0 Å². The molecule has 0 aliphatic carbocycles. The van der Waals surface area contributed by atoms with Crippen molar-refractivity contribution < 1.29 is 14.1 Å². The summed E-state index contributed by atoms with van der Waals surface area (Å²) in [5, 5.41) is 10.4. The van der Waals surface area contributed by atoms with Crippen molar-refractivity contribution in [2.75, 3.05) is 14.1 Å². The maximum absolute atomic E-state index is 10.9. The van der Waals surface area contributed by atoms with Crippen LogP contribution in [0.5, 0.6) is 0 Å². The fourth-order valence-corrected chi connectivity index (χ4v) is 1.17. The number of nitrogens with two attached hydrogens (primary N) is 1. The van der Waals surface area contributed by atoms with E-state index in [1.165, 1.54) is 6.07 Å². The second-order valence-corrected chi connectivity index (χ2v) is 3.30. The van der Waals surface area contributed by atoms with Gasteiger partial charge in [0.1, 0.15) is 4.92 Å². The van der Waals surface area contributed by atoms with Crippen molar-refractivity contribution in [3.05, 3.63) is 27.5 Å². The van der Waals surface area contributed by atoms with Gasteiger partial charge < -0.3 is 15.1 Å². The van der Waals surface area contributed by atoms with Gasteiger partial charge in [0.25, 0.3) is 5.91 Å². The summed E-state index contributed by atoms with van der Waals surface area (Å²) in [6.07, 6.45) is 0. The minimum Gasteiger partial charge on any atom is -0.395 e. The van der Waals surface area contributed by atoms with Gasteiger partial charge in [0.15, 0.2) is 0 Å². The van der Waals surface area contributed by atoms with Crippen LogP contribution in [0.4, 0.5) is 5.88 Å². The van der Waals surface area contributed by atoms with E-state index in [2.05, 4.69) is 0 Å². The Morgan fingerprint density at radius 1 is 1.67 bits per heavy atom. The monoisotopic (exact) mass is 213 g/mol. The van der Waals surface area contributed by atoms with Crippen LogP contribution in [0.25, 0.3) is 0 Å². The zero-order valence-electron chi connectivity index (χ0n) is 8.39. The number of furan rings is 1. The molecule has 1 rings (SSSR count). The van der Waals surface area contributed by atoms with E-state index in [4.69, 9.17) is 10.2 Å². The lowest BCUT2D eigenvalue weighted by Crippen LogP contribution is -2.16. The maximum Gasteiger partial charge on any atom is 0.434 e. The SMILES string of the molecule is CN(C)Cc1cc([N+](=O)[O-])oc1C(N)=O. The second-order valence-electron chi connectivity index (χ2n) is 3.30. The van der Waals surface area contributed by atoms with Crippen molar-refractivity contribution in [2.45, 2.75) is 6.54 Å². The summed E-state index contributed by atoms with van der Waals surface area (Å²) in [5.41, 5.74) is 5.45. The molecule has 1 heterocycles. The van der Waals surface area contributed by atoms with Gasteiger partial charge in [-0.2, -0.15) is 0 Å². The first-order valence-corrected chi connectivity index (χ1v) is 4.13. The molecule has 0 unspecified atom stereocenters. The number of amides is 1.